The van der Waals surface area contributed by atoms with Crippen molar-refractivity contribution in [2.75, 3.05) is 0 Å². The summed E-state index contributed by atoms with van der Waals surface area (Å²) in [6, 6.07) is 0.896. The second-order valence-corrected chi connectivity index (χ2v) is 7.46. The Morgan fingerprint density at radius 2 is 1.38 bits per heavy atom. The first-order valence-electron chi connectivity index (χ1n) is 8.23. The monoisotopic (exact) mass is 314 g/mol. The van der Waals surface area contributed by atoms with Gasteiger partial charge in [0, 0.05) is 10.8 Å². The van der Waals surface area contributed by atoms with Crippen LogP contribution < -0.4 is 0 Å². The first kappa shape index (κ1) is 19.9. The molecule has 0 atom stereocenters. The van der Waals surface area contributed by atoms with E-state index in [0.29, 0.717) is 6.42 Å². The molecule has 0 aliphatic rings. The molecule has 0 aliphatic heterocycles. The molecule has 0 bridgehead atoms. The van der Waals surface area contributed by atoms with E-state index >= 15 is 0 Å². The van der Waals surface area contributed by atoms with Gasteiger partial charge in [-0.1, -0.05) is 64.8 Å². The van der Waals surface area contributed by atoms with Crippen molar-refractivity contribution in [2.24, 2.45) is 0 Å². The van der Waals surface area contributed by atoms with Crippen molar-refractivity contribution in [3.8, 4) is 0 Å². The molecule has 2 N–H and O–H groups in total. The van der Waals surface area contributed by atoms with Gasteiger partial charge in [0.25, 0.3) is 0 Å². The standard InChI is InChI=1S/C16H30O4Si/c1-3-5-7-9-11-13(15(17)18)14(16(19)20)21-12-10-8-6-4-2/h3-12,21H2,1-2H3,(H,17,18)(H,19,20)/b14-13-. The van der Waals surface area contributed by atoms with Crippen LogP contribution in [0.2, 0.25) is 6.04 Å². The van der Waals surface area contributed by atoms with Crippen molar-refractivity contribution in [3.05, 3.63) is 10.8 Å². The summed E-state index contributed by atoms with van der Waals surface area (Å²) in [5.74, 6) is -2.05. The highest BCUT2D eigenvalue weighted by atomic mass is 28.2. The lowest BCUT2D eigenvalue weighted by atomic mass is 10.1. The molecule has 0 unspecified atom stereocenters. The van der Waals surface area contributed by atoms with E-state index in [0.717, 1.165) is 51.0 Å². The van der Waals surface area contributed by atoms with Crippen LogP contribution in [-0.4, -0.2) is 31.7 Å². The van der Waals surface area contributed by atoms with Crippen LogP contribution in [0.1, 0.15) is 71.6 Å². The number of carbonyl (C=O) groups is 2. The van der Waals surface area contributed by atoms with Crippen molar-refractivity contribution >= 4 is 21.5 Å². The largest absolute Gasteiger partial charge is 0.478 e. The minimum Gasteiger partial charge on any atom is -0.478 e. The molecule has 0 radical (unpaired) electrons. The Balaban J connectivity index is 4.60. The normalized spacial score (nSPS) is 12.7. The van der Waals surface area contributed by atoms with Crippen molar-refractivity contribution in [3.63, 3.8) is 0 Å². The molecule has 0 aromatic heterocycles. The van der Waals surface area contributed by atoms with E-state index in [-0.39, 0.29) is 10.8 Å². The number of unbranched alkanes of at least 4 members (excludes halogenated alkanes) is 6. The lowest BCUT2D eigenvalue weighted by molar-refractivity contribution is -0.135. The Morgan fingerprint density at radius 1 is 0.810 bits per heavy atom. The van der Waals surface area contributed by atoms with Crippen molar-refractivity contribution in [1.82, 2.24) is 0 Å². The molecule has 0 amide bonds. The number of carboxylic acid groups (broad SMARTS) is 2. The van der Waals surface area contributed by atoms with Gasteiger partial charge in [-0.05, 0) is 12.8 Å². The van der Waals surface area contributed by atoms with E-state index in [1.807, 2.05) is 0 Å². The molecule has 4 nitrogen and oxygen atoms in total. The molecule has 0 aromatic rings. The van der Waals surface area contributed by atoms with Gasteiger partial charge in [0.05, 0.1) is 9.52 Å². The second kappa shape index (κ2) is 12.6. The van der Waals surface area contributed by atoms with Crippen molar-refractivity contribution < 1.29 is 19.8 Å². The SMILES string of the molecule is CCCCCC[SiH2]/C(C(=O)O)=C(/CCCCCC)C(=O)O. The summed E-state index contributed by atoms with van der Waals surface area (Å²) in [5, 5.41) is 18.8. The molecule has 0 spiro atoms. The Labute approximate surface area is 130 Å². The zero-order chi connectivity index (χ0) is 16.1. The van der Waals surface area contributed by atoms with Gasteiger partial charge in [-0.25, -0.2) is 9.59 Å². The molecule has 0 rings (SSSR count). The summed E-state index contributed by atoms with van der Waals surface area (Å²) >= 11 is 0. The summed E-state index contributed by atoms with van der Waals surface area (Å²) in [6.45, 7) is 4.23. The minimum absolute atomic E-state index is 0.167. The number of hydrogen-bond acceptors (Lipinski definition) is 2. The zero-order valence-corrected chi connectivity index (χ0v) is 14.9. The summed E-state index contributed by atoms with van der Waals surface area (Å²) in [4.78, 5) is 22.7. The van der Waals surface area contributed by atoms with Gasteiger partial charge in [0.15, 0.2) is 0 Å². The van der Waals surface area contributed by atoms with Crippen LogP contribution in [0, 0.1) is 0 Å². The van der Waals surface area contributed by atoms with Crippen LogP contribution in [-0.2, 0) is 9.59 Å². The third-order valence-corrected chi connectivity index (χ3v) is 5.77. The third kappa shape index (κ3) is 9.45. The predicted molar refractivity (Wildman–Crippen MR) is 88.5 cm³/mol. The Hall–Kier alpha value is -1.10. The predicted octanol–water partition coefficient (Wildman–Crippen LogP) is 3.55. The Bertz CT molecular complexity index is 350. The third-order valence-electron chi connectivity index (χ3n) is 3.69. The first-order valence-corrected chi connectivity index (χ1v) is 9.93. The van der Waals surface area contributed by atoms with Gasteiger partial charge >= 0.3 is 11.9 Å². The van der Waals surface area contributed by atoms with Gasteiger partial charge < -0.3 is 10.2 Å². The lowest BCUT2D eigenvalue weighted by Gasteiger charge is -2.09. The second-order valence-electron chi connectivity index (χ2n) is 5.54. The van der Waals surface area contributed by atoms with Crippen LogP contribution in [0.25, 0.3) is 0 Å². The van der Waals surface area contributed by atoms with Crippen LogP contribution in [0.5, 0.6) is 0 Å². The van der Waals surface area contributed by atoms with E-state index < -0.39 is 21.5 Å². The van der Waals surface area contributed by atoms with E-state index in [1.54, 1.807) is 0 Å². The highest BCUT2D eigenvalue weighted by molar-refractivity contribution is 6.54. The molecule has 5 heteroatoms. The quantitative estimate of drug-likeness (QED) is 0.310. The van der Waals surface area contributed by atoms with Crippen LogP contribution in [0.3, 0.4) is 0 Å². The molecular formula is C16H30O4Si. The average Bonchev–Trinajstić information content (AvgIpc) is 2.43. The van der Waals surface area contributed by atoms with Gasteiger partial charge in [0.2, 0.25) is 0 Å². The molecule has 0 aliphatic carbocycles. The van der Waals surface area contributed by atoms with Crippen LogP contribution in [0.15, 0.2) is 10.8 Å². The topological polar surface area (TPSA) is 74.6 Å². The van der Waals surface area contributed by atoms with E-state index in [9.17, 15) is 19.8 Å². The minimum atomic E-state index is -1.04. The van der Waals surface area contributed by atoms with E-state index in [1.165, 1.54) is 6.42 Å². The fourth-order valence-electron chi connectivity index (χ4n) is 2.41. The zero-order valence-electron chi connectivity index (χ0n) is 13.5. The fraction of sp³-hybridized carbons (Fsp3) is 0.750. The molecule has 0 saturated heterocycles. The van der Waals surface area contributed by atoms with E-state index in [4.69, 9.17) is 0 Å². The molecule has 0 aromatic carbocycles. The number of carboxylic acids is 2. The lowest BCUT2D eigenvalue weighted by Crippen LogP contribution is -2.16. The number of hydrogen-bond donors (Lipinski definition) is 2. The smallest absolute Gasteiger partial charge is 0.331 e. The molecule has 0 heterocycles. The van der Waals surface area contributed by atoms with Gasteiger partial charge in [-0.2, -0.15) is 0 Å². The molecule has 0 fully saturated rings. The van der Waals surface area contributed by atoms with Gasteiger partial charge in [-0.3, -0.25) is 0 Å². The van der Waals surface area contributed by atoms with Gasteiger partial charge in [0.1, 0.15) is 0 Å². The first-order chi connectivity index (χ1) is 10.0. The van der Waals surface area contributed by atoms with Crippen molar-refractivity contribution in [2.45, 2.75) is 77.7 Å². The molecule has 21 heavy (non-hydrogen) atoms. The fourth-order valence-corrected chi connectivity index (χ4v) is 4.21. The number of rotatable bonds is 13. The molecular weight excluding hydrogens is 284 g/mol. The van der Waals surface area contributed by atoms with Crippen LogP contribution >= 0.6 is 0 Å². The Morgan fingerprint density at radius 3 is 1.86 bits per heavy atom. The maximum atomic E-state index is 11.4. The Kier molecular flexibility index (Phi) is 12.0. The summed E-state index contributed by atoms with van der Waals surface area (Å²) in [6.07, 6.45) is 8.78. The van der Waals surface area contributed by atoms with E-state index in [2.05, 4.69) is 13.8 Å². The summed E-state index contributed by atoms with van der Waals surface area (Å²) in [7, 11) is -0.981. The van der Waals surface area contributed by atoms with Crippen molar-refractivity contribution in [1.29, 1.82) is 0 Å². The maximum absolute atomic E-state index is 11.4. The highest BCUT2D eigenvalue weighted by Gasteiger charge is 2.19. The van der Waals surface area contributed by atoms with Gasteiger partial charge in [-0.15, -0.1) is 0 Å². The summed E-state index contributed by atoms with van der Waals surface area (Å²) in [5.41, 5.74) is 0.167. The molecule has 0 saturated carbocycles. The van der Waals surface area contributed by atoms with Crippen LogP contribution in [0.4, 0.5) is 0 Å². The summed E-state index contributed by atoms with van der Waals surface area (Å²) < 4.78 is 0. The maximum Gasteiger partial charge on any atom is 0.331 e. The average molecular weight is 314 g/mol. The highest BCUT2D eigenvalue weighted by Crippen LogP contribution is 2.16. The molecule has 122 valence electrons. The number of aliphatic carboxylic acids is 2.